The number of rotatable bonds is 5. The predicted molar refractivity (Wildman–Crippen MR) is 92.1 cm³/mol. The summed E-state index contributed by atoms with van der Waals surface area (Å²) in [5.74, 6) is 1.07. The number of H-pyrrole nitrogens is 1. The normalized spacial score (nSPS) is 11.5. The number of nitrogens with one attached hydrogen (secondary N) is 2. The summed E-state index contributed by atoms with van der Waals surface area (Å²) in [6.07, 6.45) is 0. The van der Waals surface area contributed by atoms with Gasteiger partial charge in [0, 0.05) is 24.4 Å². The van der Waals surface area contributed by atoms with Gasteiger partial charge < -0.3 is 14.1 Å². The first kappa shape index (κ1) is 17.0. The highest BCUT2D eigenvalue weighted by atomic mass is 32.2. The summed E-state index contributed by atoms with van der Waals surface area (Å²) < 4.78 is 39.1. The Kier molecular flexibility index (Phi) is 4.25. The second kappa shape index (κ2) is 6.25. The minimum atomic E-state index is -3.88. The van der Waals surface area contributed by atoms with Crippen LogP contribution in [0.25, 0.3) is 11.5 Å². The van der Waals surface area contributed by atoms with E-state index in [1.807, 2.05) is 0 Å². The Labute approximate surface area is 145 Å². The van der Waals surface area contributed by atoms with Gasteiger partial charge in [0.1, 0.15) is 10.6 Å². The number of benzene rings is 1. The Morgan fingerprint density at radius 1 is 1.16 bits per heavy atom. The molecule has 3 aromatic rings. The van der Waals surface area contributed by atoms with Gasteiger partial charge in [0.15, 0.2) is 0 Å². The van der Waals surface area contributed by atoms with E-state index in [2.05, 4.69) is 19.9 Å². The molecule has 0 aliphatic rings. The SMILES string of the molecule is COc1cccc(NS(=O)(=O)c2c(C)[nH]c(C)c2-c2nnc(C)o2)c1. The largest absolute Gasteiger partial charge is 0.497 e. The Morgan fingerprint density at radius 2 is 1.92 bits per heavy atom. The Hall–Kier alpha value is -2.81. The molecule has 8 nitrogen and oxygen atoms in total. The molecule has 0 fully saturated rings. The van der Waals surface area contributed by atoms with Crippen LogP contribution in [0, 0.1) is 20.8 Å². The van der Waals surface area contributed by atoms with Gasteiger partial charge in [-0.05, 0) is 26.0 Å². The number of hydrogen-bond acceptors (Lipinski definition) is 6. The van der Waals surface area contributed by atoms with Crippen molar-refractivity contribution in [2.45, 2.75) is 25.7 Å². The van der Waals surface area contributed by atoms with Crippen LogP contribution in [0.4, 0.5) is 5.69 Å². The molecule has 2 N–H and O–H groups in total. The van der Waals surface area contributed by atoms with Crippen LogP contribution in [0.5, 0.6) is 5.75 Å². The number of anilines is 1. The van der Waals surface area contributed by atoms with E-state index in [1.54, 1.807) is 45.0 Å². The molecule has 0 aliphatic heterocycles. The highest BCUT2D eigenvalue weighted by molar-refractivity contribution is 7.93. The summed E-state index contributed by atoms with van der Waals surface area (Å²) in [5, 5.41) is 7.73. The molecular weight excluding hydrogens is 344 g/mol. The number of aromatic amines is 1. The lowest BCUT2D eigenvalue weighted by atomic mass is 10.2. The van der Waals surface area contributed by atoms with Crippen LogP contribution >= 0.6 is 0 Å². The predicted octanol–water partition coefficient (Wildman–Crippen LogP) is 2.80. The van der Waals surface area contributed by atoms with Crippen molar-refractivity contribution in [2.75, 3.05) is 11.8 Å². The van der Waals surface area contributed by atoms with E-state index in [4.69, 9.17) is 9.15 Å². The molecule has 0 saturated carbocycles. The van der Waals surface area contributed by atoms with Crippen molar-refractivity contribution in [3.63, 3.8) is 0 Å². The number of ether oxygens (including phenoxy) is 1. The average Bonchev–Trinajstić information content (AvgIpc) is 3.09. The fourth-order valence-corrected chi connectivity index (χ4v) is 4.14. The molecule has 0 atom stereocenters. The molecule has 0 aliphatic carbocycles. The maximum Gasteiger partial charge on any atom is 0.264 e. The molecule has 0 spiro atoms. The van der Waals surface area contributed by atoms with Crippen LogP contribution in [-0.4, -0.2) is 30.7 Å². The van der Waals surface area contributed by atoms with Crippen molar-refractivity contribution in [1.82, 2.24) is 15.2 Å². The third kappa shape index (κ3) is 3.22. The van der Waals surface area contributed by atoms with E-state index in [1.165, 1.54) is 7.11 Å². The molecule has 0 unspecified atom stereocenters. The van der Waals surface area contributed by atoms with E-state index < -0.39 is 10.0 Å². The highest BCUT2D eigenvalue weighted by Crippen LogP contribution is 2.33. The van der Waals surface area contributed by atoms with Crippen LogP contribution in [0.2, 0.25) is 0 Å². The van der Waals surface area contributed by atoms with Gasteiger partial charge in [0.2, 0.25) is 5.89 Å². The zero-order valence-corrected chi connectivity index (χ0v) is 15.1. The van der Waals surface area contributed by atoms with Crippen LogP contribution in [-0.2, 0) is 10.0 Å². The third-order valence-corrected chi connectivity index (χ3v) is 5.20. The first-order valence-corrected chi connectivity index (χ1v) is 8.96. The lowest BCUT2D eigenvalue weighted by Crippen LogP contribution is -2.14. The molecule has 1 aromatic carbocycles. The summed E-state index contributed by atoms with van der Waals surface area (Å²) in [7, 11) is -2.37. The van der Waals surface area contributed by atoms with E-state index in [-0.39, 0.29) is 10.8 Å². The average molecular weight is 362 g/mol. The number of aromatic nitrogens is 3. The van der Waals surface area contributed by atoms with Crippen molar-refractivity contribution >= 4 is 15.7 Å². The van der Waals surface area contributed by atoms with Gasteiger partial charge in [-0.25, -0.2) is 8.42 Å². The molecule has 2 heterocycles. The number of nitrogens with zero attached hydrogens (tertiary/aromatic N) is 2. The monoisotopic (exact) mass is 362 g/mol. The minimum absolute atomic E-state index is 0.0801. The van der Waals surface area contributed by atoms with Crippen molar-refractivity contribution < 1.29 is 17.6 Å². The standard InChI is InChI=1S/C16H18N4O4S/c1-9-14(16-19-18-11(3)24-16)15(10(2)17-9)25(21,22)20-12-6-5-7-13(8-12)23-4/h5-8,17,20H,1-4H3. The van der Waals surface area contributed by atoms with Crippen LogP contribution in [0.15, 0.2) is 33.6 Å². The zero-order valence-electron chi connectivity index (χ0n) is 14.2. The molecule has 25 heavy (non-hydrogen) atoms. The van der Waals surface area contributed by atoms with Crippen molar-refractivity contribution in [3.8, 4) is 17.2 Å². The fraction of sp³-hybridized carbons (Fsp3) is 0.250. The van der Waals surface area contributed by atoms with Crippen LogP contribution < -0.4 is 9.46 Å². The van der Waals surface area contributed by atoms with Crippen LogP contribution in [0.3, 0.4) is 0 Å². The smallest absolute Gasteiger partial charge is 0.264 e. The highest BCUT2D eigenvalue weighted by Gasteiger charge is 2.29. The van der Waals surface area contributed by atoms with Gasteiger partial charge in [0.25, 0.3) is 15.9 Å². The van der Waals surface area contributed by atoms with Crippen molar-refractivity contribution in [3.05, 3.63) is 41.5 Å². The van der Waals surface area contributed by atoms with E-state index in [0.29, 0.717) is 34.3 Å². The molecule has 9 heteroatoms. The lowest BCUT2D eigenvalue weighted by molar-refractivity contribution is 0.415. The summed E-state index contributed by atoms with van der Waals surface area (Å²) in [6, 6.07) is 6.68. The first-order valence-electron chi connectivity index (χ1n) is 7.48. The van der Waals surface area contributed by atoms with Gasteiger partial charge in [-0.15, -0.1) is 10.2 Å². The molecule has 0 bridgehead atoms. The number of aryl methyl sites for hydroxylation is 3. The van der Waals surface area contributed by atoms with E-state index in [0.717, 1.165) is 0 Å². The van der Waals surface area contributed by atoms with Gasteiger partial charge in [0.05, 0.1) is 18.4 Å². The van der Waals surface area contributed by atoms with Gasteiger partial charge in [-0.3, -0.25) is 4.72 Å². The summed E-state index contributed by atoms with van der Waals surface area (Å²) in [5.41, 5.74) is 1.88. The number of methoxy groups -OCH3 is 1. The second-order valence-corrected chi connectivity index (χ2v) is 7.16. The van der Waals surface area contributed by atoms with Gasteiger partial charge in [-0.1, -0.05) is 6.07 Å². The van der Waals surface area contributed by atoms with Crippen molar-refractivity contribution in [1.29, 1.82) is 0 Å². The van der Waals surface area contributed by atoms with E-state index in [9.17, 15) is 8.42 Å². The van der Waals surface area contributed by atoms with Gasteiger partial charge in [-0.2, -0.15) is 0 Å². The molecule has 0 saturated heterocycles. The topological polar surface area (TPSA) is 110 Å². The van der Waals surface area contributed by atoms with E-state index >= 15 is 0 Å². The zero-order chi connectivity index (χ0) is 18.2. The molecule has 0 amide bonds. The quantitative estimate of drug-likeness (QED) is 0.722. The maximum atomic E-state index is 13.0. The summed E-state index contributed by atoms with van der Waals surface area (Å²) in [4.78, 5) is 3.11. The Morgan fingerprint density at radius 3 is 2.56 bits per heavy atom. The Balaban J connectivity index is 2.08. The summed E-state index contributed by atoms with van der Waals surface area (Å²) in [6.45, 7) is 5.08. The number of hydrogen-bond donors (Lipinski definition) is 2. The molecular formula is C16H18N4O4S. The Bertz CT molecular complexity index is 1020. The third-order valence-electron chi connectivity index (χ3n) is 3.65. The molecule has 132 valence electrons. The molecule has 2 aromatic heterocycles. The lowest BCUT2D eigenvalue weighted by Gasteiger charge is -2.10. The maximum absolute atomic E-state index is 13.0. The molecule has 0 radical (unpaired) electrons. The number of sulfonamides is 1. The summed E-state index contributed by atoms with van der Waals surface area (Å²) >= 11 is 0. The van der Waals surface area contributed by atoms with Crippen molar-refractivity contribution in [2.24, 2.45) is 0 Å². The fourth-order valence-electron chi connectivity index (χ4n) is 2.64. The molecule has 3 rings (SSSR count). The second-order valence-electron chi connectivity index (χ2n) is 5.54. The minimum Gasteiger partial charge on any atom is -0.497 e. The van der Waals surface area contributed by atoms with Gasteiger partial charge >= 0.3 is 0 Å². The first-order chi connectivity index (χ1) is 11.8. The van der Waals surface area contributed by atoms with Crippen LogP contribution in [0.1, 0.15) is 17.3 Å².